The minimum atomic E-state index is 0.972. The summed E-state index contributed by atoms with van der Waals surface area (Å²) in [7, 11) is 0. The van der Waals surface area contributed by atoms with Crippen LogP contribution in [0.15, 0.2) is 152 Å². The summed E-state index contributed by atoms with van der Waals surface area (Å²) in [6.45, 7) is 2.22. The molecule has 9 rings (SSSR count). The van der Waals surface area contributed by atoms with Crippen molar-refractivity contribution in [3.8, 4) is 33.6 Å². The number of rotatable bonds is 5. The summed E-state index contributed by atoms with van der Waals surface area (Å²) in [6.07, 6.45) is 4.71. The maximum absolute atomic E-state index is 4.70. The first kappa shape index (κ1) is 26.4. The standard InChI is InChI=1S/C42H30N4/c1-2-28-25-31(29-15-19-33(20-16-29)45-37-11-5-3-9-35(37)41-39(45)13-7-23-43-41)27-32(26-28)30-17-21-34(22-18-30)46-38-12-6-4-10-36(38)42-40(46)14-8-24-44-42/h3-27H,2H2,1H3. The van der Waals surface area contributed by atoms with E-state index in [9.17, 15) is 0 Å². The van der Waals surface area contributed by atoms with E-state index in [1.807, 2.05) is 24.5 Å². The molecule has 0 amide bonds. The fraction of sp³-hybridized carbons (Fsp3) is 0.0476. The lowest BCUT2D eigenvalue weighted by Crippen LogP contribution is -1.94. The summed E-state index contributed by atoms with van der Waals surface area (Å²) >= 11 is 0. The van der Waals surface area contributed by atoms with Crippen molar-refractivity contribution in [3.63, 3.8) is 0 Å². The average Bonchev–Trinajstić information content (AvgIpc) is 3.65. The first-order chi connectivity index (χ1) is 22.8. The van der Waals surface area contributed by atoms with E-state index < -0.39 is 0 Å². The zero-order valence-electron chi connectivity index (χ0n) is 25.4. The molecule has 0 atom stereocenters. The summed E-state index contributed by atoms with van der Waals surface area (Å²) in [5.41, 5.74) is 15.1. The molecule has 46 heavy (non-hydrogen) atoms. The largest absolute Gasteiger partial charge is 0.308 e. The number of pyridine rings is 2. The fourth-order valence-electron chi connectivity index (χ4n) is 6.96. The molecule has 0 spiro atoms. The number of nitrogens with zero attached hydrogens (tertiary/aromatic N) is 4. The fourth-order valence-corrected chi connectivity index (χ4v) is 6.96. The Kier molecular flexibility index (Phi) is 6.07. The number of para-hydroxylation sites is 2. The van der Waals surface area contributed by atoms with Gasteiger partial charge in [-0.05, 0) is 101 Å². The van der Waals surface area contributed by atoms with Gasteiger partial charge in [-0.1, -0.05) is 79.7 Å². The third-order valence-corrected chi connectivity index (χ3v) is 9.17. The Labute approximate surface area is 266 Å². The second-order valence-corrected chi connectivity index (χ2v) is 11.8. The molecule has 0 aliphatic heterocycles. The van der Waals surface area contributed by atoms with Crippen LogP contribution in [0, 0.1) is 0 Å². The van der Waals surface area contributed by atoms with Gasteiger partial charge in [-0.25, -0.2) is 0 Å². The van der Waals surface area contributed by atoms with Gasteiger partial charge in [0.25, 0.3) is 0 Å². The van der Waals surface area contributed by atoms with Crippen molar-refractivity contribution in [2.24, 2.45) is 0 Å². The quantitative estimate of drug-likeness (QED) is 0.200. The van der Waals surface area contributed by atoms with Crippen LogP contribution in [-0.4, -0.2) is 19.1 Å². The number of aromatic nitrogens is 4. The summed E-state index contributed by atoms with van der Waals surface area (Å²) in [5, 5.41) is 2.34. The van der Waals surface area contributed by atoms with Crippen LogP contribution in [0.3, 0.4) is 0 Å². The van der Waals surface area contributed by atoms with Gasteiger partial charge in [-0.15, -0.1) is 0 Å². The Hall–Kier alpha value is -6.00. The molecule has 4 nitrogen and oxygen atoms in total. The summed E-state index contributed by atoms with van der Waals surface area (Å²) < 4.78 is 4.62. The predicted octanol–water partition coefficient (Wildman–Crippen LogP) is 10.6. The first-order valence-electron chi connectivity index (χ1n) is 15.8. The van der Waals surface area contributed by atoms with Crippen molar-refractivity contribution in [1.29, 1.82) is 0 Å². The second-order valence-electron chi connectivity index (χ2n) is 11.8. The van der Waals surface area contributed by atoms with Crippen molar-refractivity contribution < 1.29 is 0 Å². The summed E-state index contributed by atoms with van der Waals surface area (Å²) in [4.78, 5) is 9.40. The monoisotopic (exact) mass is 590 g/mol. The lowest BCUT2D eigenvalue weighted by atomic mass is 9.95. The van der Waals surface area contributed by atoms with E-state index >= 15 is 0 Å². The predicted molar refractivity (Wildman–Crippen MR) is 191 cm³/mol. The van der Waals surface area contributed by atoms with E-state index in [2.05, 4.69) is 143 Å². The van der Waals surface area contributed by atoms with Gasteiger partial charge in [-0.2, -0.15) is 0 Å². The van der Waals surface area contributed by atoms with E-state index in [0.29, 0.717) is 0 Å². The van der Waals surface area contributed by atoms with Crippen LogP contribution in [0.2, 0.25) is 0 Å². The SMILES string of the molecule is CCc1cc(-c2ccc(-n3c4ccccc4c4ncccc43)cc2)cc(-c2ccc(-n3c4ccccc4c4ncccc43)cc2)c1. The highest BCUT2D eigenvalue weighted by Crippen LogP contribution is 2.35. The molecular weight excluding hydrogens is 560 g/mol. The van der Waals surface area contributed by atoms with E-state index in [1.54, 1.807) is 0 Å². The highest BCUT2D eigenvalue weighted by Gasteiger charge is 2.14. The van der Waals surface area contributed by atoms with Gasteiger partial charge in [-0.3, -0.25) is 9.97 Å². The van der Waals surface area contributed by atoms with Crippen LogP contribution in [0.5, 0.6) is 0 Å². The zero-order valence-corrected chi connectivity index (χ0v) is 25.4. The van der Waals surface area contributed by atoms with Crippen molar-refractivity contribution in [1.82, 2.24) is 19.1 Å². The van der Waals surface area contributed by atoms with E-state index in [1.165, 1.54) is 49.6 Å². The highest BCUT2D eigenvalue weighted by atomic mass is 15.0. The second kappa shape index (κ2) is 10.6. The van der Waals surface area contributed by atoms with E-state index in [4.69, 9.17) is 9.97 Å². The number of benzene rings is 5. The summed E-state index contributed by atoms with van der Waals surface area (Å²) in [5.74, 6) is 0. The molecule has 0 fully saturated rings. The summed E-state index contributed by atoms with van der Waals surface area (Å²) in [6, 6.07) is 50.1. The molecule has 5 aromatic carbocycles. The minimum Gasteiger partial charge on any atom is -0.308 e. The lowest BCUT2D eigenvalue weighted by Gasteiger charge is -2.13. The molecule has 0 saturated carbocycles. The van der Waals surface area contributed by atoms with Gasteiger partial charge in [0.2, 0.25) is 0 Å². The lowest BCUT2D eigenvalue weighted by molar-refractivity contribution is 1.14. The number of fused-ring (bicyclic) bond motifs is 6. The number of hydrogen-bond donors (Lipinski definition) is 0. The van der Waals surface area contributed by atoms with Gasteiger partial charge in [0.05, 0.1) is 33.1 Å². The molecule has 0 radical (unpaired) electrons. The molecule has 0 bridgehead atoms. The third kappa shape index (κ3) is 4.15. The minimum absolute atomic E-state index is 0.972. The molecule has 4 heterocycles. The molecule has 0 saturated heterocycles. The molecule has 0 N–H and O–H groups in total. The van der Waals surface area contributed by atoms with Crippen LogP contribution in [0.25, 0.3) is 77.5 Å². The molecule has 0 aliphatic rings. The molecule has 4 heteroatoms. The number of hydrogen-bond acceptors (Lipinski definition) is 2. The molecule has 4 aromatic heterocycles. The average molecular weight is 591 g/mol. The molecule has 0 unspecified atom stereocenters. The molecular formula is C42H30N4. The Morgan fingerprint density at radius 2 is 0.870 bits per heavy atom. The van der Waals surface area contributed by atoms with Crippen LogP contribution in [0.1, 0.15) is 12.5 Å². The van der Waals surface area contributed by atoms with E-state index in [-0.39, 0.29) is 0 Å². The Bertz CT molecular complexity index is 2270. The maximum Gasteiger partial charge on any atom is 0.0963 e. The van der Waals surface area contributed by atoms with Gasteiger partial charge in [0.1, 0.15) is 0 Å². The van der Waals surface area contributed by atoms with Crippen LogP contribution < -0.4 is 0 Å². The first-order valence-corrected chi connectivity index (χ1v) is 15.8. The van der Waals surface area contributed by atoms with Gasteiger partial charge < -0.3 is 9.13 Å². The van der Waals surface area contributed by atoms with Gasteiger partial charge in [0.15, 0.2) is 0 Å². The van der Waals surface area contributed by atoms with Crippen LogP contribution >= 0.6 is 0 Å². The zero-order chi connectivity index (χ0) is 30.6. The number of aryl methyl sites for hydroxylation is 1. The third-order valence-electron chi connectivity index (χ3n) is 9.17. The molecule has 218 valence electrons. The van der Waals surface area contributed by atoms with Crippen molar-refractivity contribution in [3.05, 3.63) is 157 Å². The highest BCUT2D eigenvalue weighted by molar-refractivity contribution is 6.07. The smallest absolute Gasteiger partial charge is 0.0963 e. The Balaban J connectivity index is 1.09. The van der Waals surface area contributed by atoms with Crippen molar-refractivity contribution in [2.75, 3.05) is 0 Å². The van der Waals surface area contributed by atoms with Gasteiger partial charge >= 0.3 is 0 Å². The Morgan fingerprint density at radius 1 is 0.435 bits per heavy atom. The van der Waals surface area contributed by atoms with Gasteiger partial charge in [0, 0.05) is 34.5 Å². The molecule has 9 aromatic rings. The topological polar surface area (TPSA) is 35.6 Å². The normalized spacial score (nSPS) is 11.7. The van der Waals surface area contributed by atoms with Crippen LogP contribution in [-0.2, 0) is 6.42 Å². The van der Waals surface area contributed by atoms with E-state index in [0.717, 1.165) is 39.9 Å². The van der Waals surface area contributed by atoms with Crippen molar-refractivity contribution >= 4 is 43.9 Å². The van der Waals surface area contributed by atoms with Crippen molar-refractivity contribution in [2.45, 2.75) is 13.3 Å². The van der Waals surface area contributed by atoms with Crippen LogP contribution in [0.4, 0.5) is 0 Å². The molecule has 0 aliphatic carbocycles. The Morgan fingerprint density at radius 3 is 1.33 bits per heavy atom. The maximum atomic E-state index is 4.70.